The average Bonchev–Trinajstić information content (AvgIpc) is 2.69. The molecule has 1 atom stereocenters. The summed E-state index contributed by atoms with van der Waals surface area (Å²) in [6.45, 7) is 1.87. The second kappa shape index (κ2) is 5.33. The Kier molecular flexibility index (Phi) is 3.91. The van der Waals surface area contributed by atoms with Gasteiger partial charge in [-0.05, 0) is 6.92 Å². The van der Waals surface area contributed by atoms with Crippen LogP contribution in [0.1, 0.15) is 6.92 Å². The number of rotatable bonds is 5. The Morgan fingerprint density at radius 1 is 1.60 bits per heavy atom. The molecule has 0 saturated heterocycles. The summed E-state index contributed by atoms with van der Waals surface area (Å²) >= 11 is 0. The highest BCUT2D eigenvalue weighted by Crippen LogP contribution is 2.34. The van der Waals surface area contributed by atoms with E-state index in [1.165, 1.54) is 10.9 Å². The van der Waals surface area contributed by atoms with Crippen molar-refractivity contribution in [3.8, 4) is 0 Å². The van der Waals surface area contributed by atoms with Crippen LogP contribution in [0, 0.1) is 0 Å². The molecule has 2 aromatic rings. The molecule has 5 N–H and O–H groups in total. The number of nitrogens with one attached hydrogen (secondary N) is 1. The number of nitrogen functional groups attached to an aromatic ring is 1. The van der Waals surface area contributed by atoms with Gasteiger partial charge in [-0.25, -0.2) is 4.98 Å². The molecular formula is C9H14N5O5P. The first-order chi connectivity index (χ1) is 9.26. The third kappa shape index (κ3) is 3.42. The van der Waals surface area contributed by atoms with Gasteiger partial charge in [0.1, 0.15) is 6.35 Å². The molecule has 11 heteroatoms. The molecule has 0 aliphatic carbocycles. The summed E-state index contributed by atoms with van der Waals surface area (Å²) in [5.74, 6) is -0.0342. The minimum Gasteiger partial charge on any atom is -0.369 e. The second-order valence-corrected chi connectivity index (χ2v) is 5.88. The molecule has 10 nitrogen and oxygen atoms in total. The highest BCUT2D eigenvalue weighted by atomic mass is 31.2. The van der Waals surface area contributed by atoms with E-state index >= 15 is 0 Å². The van der Waals surface area contributed by atoms with Gasteiger partial charge in [0.05, 0.1) is 19.0 Å². The van der Waals surface area contributed by atoms with Crippen molar-refractivity contribution in [3.63, 3.8) is 0 Å². The molecule has 0 aliphatic rings. The first kappa shape index (κ1) is 14.7. The maximum atomic E-state index is 11.6. The van der Waals surface area contributed by atoms with Gasteiger partial charge in [0, 0.05) is 0 Å². The molecule has 0 aromatic carbocycles. The van der Waals surface area contributed by atoms with E-state index in [1.54, 1.807) is 6.92 Å². The number of hydrogen-bond acceptors (Lipinski definition) is 6. The van der Waals surface area contributed by atoms with Crippen LogP contribution in [0.5, 0.6) is 0 Å². The highest BCUT2D eigenvalue weighted by Gasteiger charge is 2.17. The monoisotopic (exact) mass is 303 g/mol. The molecule has 0 aliphatic heterocycles. The summed E-state index contributed by atoms with van der Waals surface area (Å²) < 4.78 is 17.3. The van der Waals surface area contributed by atoms with Crippen LogP contribution in [0.25, 0.3) is 11.2 Å². The van der Waals surface area contributed by atoms with E-state index in [0.717, 1.165) is 0 Å². The van der Waals surface area contributed by atoms with Crippen molar-refractivity contribution in [2.24, 2.45) is 0 Å². The van der Waals surface area contributed by atoms with Gasteiger partial charge < -0.3 is 24.8 Å². The number of H-pyrrole nitrogens is 1. The lowest BCUT2D eigenvalue weighted by molar-refractivity contribution is 0.0764. The van der Waals surface area contributed by atoms with Crippen LogP contribution in [0.15, 0.2) is 11.1 Å². The van der Waals surface area contributed by atoms with Gasteiger partial charge in [0.15, 0.2) is 11.2 Å². The fourth-order valence-corrected chi connectivity index (χ4v) is 2.11. The maximum Gasteiger partial charge on any atom is 0.350 e. The van der Waals surface area contributed by atoms with Crippen molar-refractivity contribution in [1.29, 1.82) is 0 Å². The number of nitrogens with two attached hydrogens (primary N) is 1. The summed E-state index contributed by atoms with van der Waals surface area (Å²) in [7, 11) is -4.21. The lowest BCUT2D eigenvalue weighted by Crippen LogP contribution is -2.18. The van der Waals surface area contributed by atoms with Crippen molar-refractivity contribution in [1.82, 2.24) is 19.5 Å². The molecule has 2 aromatic heterocycles. The molecule has 0 amide bonds. The summed E-state index contributed by atoms with van der Waals surface area (Å²) in [5.41, 5.74) is 5.44. The van der Waals surface area contributed by atoms with E-state index in [1.807, 2.05) is 0 Å². The Balaban J connectivity index is 2.18. The Labute approximate surface area is 112 Å². The molecule has 0 radical (unpaired) electrons. The number of ether oxygens (including phenoxy) is 1. The van der Waals surface area contributed by atoms with E-state index in [-0.39, 0.29) is 23.7 Å². The van der Waals surface area contributed by atoms with E-state index in [0.29, 0.717) is 0 Å². The number of imidazole rings is 1. The molecule has 0 spiro atoms. The number of aromatic nitrogens is 4. The van der Waals surface area contributed by atoms with Gasteiger partial charge >= 0.3 is 7.60 Å². The van der Waals surface area contributed by atoms with Crippen LogP contribution in [-0.2, 0) is 15.8 Å². The van der Waals surface area contributed by atoms with Gasteiger partial charge in [0.2, 0.25) is 5.95 Å². The van der Waals surface area contributed by atoms with E-state index in [2.05, 4.69) is 15.0 Å². The molecule has 0 unspecified atom stereocenters. The summed E-state index contributed by atoms with van der Waals surface area (Å²) in [5, 5.41) is 0. The summed E-state index contributed by atoms with van der Waals surface area (Å²) in [6, 6.07) is 0. The van der Waals surface area contributed by atoms with Gasteiger partial charge in [0.25, 0.3) is 5.56 Å². The van der Waals surface area contributed by atoms with Crippen LogP contribution in [0.4, 0.5) is 5.95 Å². The zero-order valence-corrected chi connectivity index (χ0v) is 11.4. The Morgan fingerprint density at radius 3 is 2.95 bits per heavy atom. The van der Waals surface area contributed by atoms with Crippen LogP contribution >= 0.6 is 7.60 Å². The maximum absolute atomic E-state index is 11.6. The Bertz CT molecular complexity index is 719. The van der Waals surface area contributed by atoms with Crippen LogP contribution in [0.3, 0.4) is 0 Å². The molecule has 0 saturated carbocycles. The highest BCUT2D eigenvalue weighted by molar-refractivity contribution is 7.51. The number of hydrogen-bond donors (Lipinski definition) is 4. The standard InChI is InChI=1S/C9H14N5O5P/c1-5(19-4-20(16,17)18)2-14-3-11-6-7(14)12-9(10)13-8(6)15/h3,5H,2,4H2,1H3,(H2,16,17,18)(H3,10,12,13,15)/t5-/m0/s1. The normalized spacial score (nSPS) is 13.8. The van der Waals surface area contributed by atoms with Crippen molar-refractivity contribution in [2.75, 3.05) is 12.1 Å². The predicted octanol–water partition coefficient (Wildman–Crippen LogP) is -0.758. The van der Waals surface area contributed by atoms with Crippen molar-refractivity contribution in [3.05, 3.63) is 16.7 Å². The largest absolute Gasteiger partial charge is 0.369 e. The van der Waals surface area contributed by atoms with Crippen LogP contribution in [-0.4, -0.2) is 41.8 Å². The minimum atomic E-state index is -4.21. The molecule has 110 valence electrons. The molecule has 2 heterocycles. The van der Waals surface area contributed by atoms with Gasteiger partial charge in [-0.1, -0.05) is 0 Å². The van der Waals surface area contributed by atoms with E-state index < -0.39 is 25.6 Å². The van der Waals surface area contributed by atoms with Crippen molar-refractivity contribution >= 4 is 24.7 Å². The smallest absolute Gasteiger partial charge is 0.350 e. The number of aromatic amines is 1. The molecule has 0 fully saturated rings. The van der Waals surface area contributed by atoms with Crippen LogP contribution < -0.4 is 11.3 Å². The third-order valence-corrected chi connectivity index (χ3v) is 2.96. The zero-order chi connectivity index (χ0) is 14.9. The second-order valence-electron chi connectivity index (χ2n) is 4.29. The number of nitrogens with zero attached hydrogens (tertiary/aromatic N) is 3. The topological polar surface area (TPSA) is 156 Å². The van der Waals surface area contributed by atoms with Crippen molar-refractivity contribution < 1.29 is 19.1 Å². The van der Waals surface area contributed by atoms with E-state index in [9.17, 15) is 9.36 Å². The molecule has 2 rings (SSSR count). The van der Waals surface area contributed by atoms with E-state index in [4.69, 9.17) is 20.3 Å². The molecular weight excluding hydrogens is 289 g/mol. The quantitative estimate of drug-likeness (QED) is 0.525. The first-order valence-electron chi connectivity index (χ1n) is 5.63. The third-order valence-electron chi connectivity index (χ3n) is 2.47. The Hall–Kier alpha value is -1.74. The molecule has 0 bridgehead atoms. The summed E-state index contributed by atoms with van der Waals surface area (Å²) in [4.78, 5) is 39.2. The van der Waals surface area contributed by atoms with Crippen LogP contribution in [0.2, 0.25) is 0 Å². The average molecular weight is 303 g/mol. The van der Waals surface area contributed by atoms with Gasteiger partial charge in [-0.2, -0.15) is 4.98 Å². The van der Waals surface area contributed by atoms with Gasteiger partial charge in [-0.15, -0.1) is 0 Å². The first-order valence-corrected chi connectivity index (χ1v) is 7.43. The van der Waals surface area contributed by atoms with Gasteiger partial charge in [-0.3, -0.25) is 14.3 Å². The number of anilines is 1. The predicted molar refractivity (Wildman–Crippen MR) is 70.0 cm³/mol. The fraction of sp³-hybridized carbons (Fsp3) is 0.444. The Morgan fingerprint density at radius 2 is 2.30 bits per heavy atom. The lowest BCUT2D eigenvalue weighted by Gasteiger charge is -2.14. The fourth-order valence-electron chi connectivity index (χ4n) is 1.66. The zero-order valence-electron chi connectivity index (χ0n) is 10.6. The summed E-state index contributed by atoms with van der Waals surface area (Å²) in [6.07, 6.45) is 0.225. The SMILES string of the molecule is C[C@@H](Cn1cnc2c(=O)[nH]c(N)nc21)OCP(=O)(O)O. The lowest BCUT2D eigenvalue weighted by atomic mass is 10.4. The minimum absolute atomic E-state index is 0.0342. The number of fused-ring (bicyclic) bond motifs is 1. The van der Waals surface area contributed by atoms with Crippen molar-refractivity contribution in [2.45, 2.75) is 19.6 Å². The molecule has 20 heavy (non-hydrogen) atoms.